The highest BCUT2D eigenvalue weighted by molar-refractivity contribution is 5.85. The van der Waals surface area contributed by atoms with E-state index < -0.39 is 0 Å². The van der Waals surface area contributed by atoms with Crippen molar-refractivity contribution in [3.05, 3.63) is 89.0 Å². The Labute approximate surface area is 196 Å². The van der Waals surface area contributed by atoms with Gasteiger partial charge in [0.25, 0.3) is 0 Å². The van der Waals surface area contributed by atoms with Crippen LogP contribution in [0, 0.1) is 0 Å². The number of methoxy groups -OCH3 is 2. The monoisotopic (exact) mass is 451 g/mol. The Bertz CT molecular complexity index is 1040. The van der Waals surface area contributed by atoms with Crippen LogP contribution >= 0.6 is 12.4 Å². The Hall–Kier alpha value is -2.69. The van der Waals surface area contributed by atoms with Crippen molar-refractivity contribution in [2.45, 2.75) is 43.9 Å². The van der Waals surface area contributed by atoms with Crippen molar-refractivity contribution in [3.63, 3.8) is 0 Å². The fourth-order valence-electron chi connectivity index (χ4n) is 4.77. The highest BCUT2D eigenvalue weighted by Crippen LogP contribution is 2.46. The summed E-state index contributed by atoms with van der Waals surface area (Å²) in [5.41, 5.74) is 5.21. The van der Waals surface area contributed by atoms with E-state index in [0.717, 1.165) is 30.1 Å². The van der Waals surface area contributed by atoms with Gasteiger partial charge in [-0.05, 0) is 54.2 Å². The lowest BCUT2D eigenvalue weighted by Gasteiger charge is -2.16. The summed E-state index contributed by atoms with van der Waals surface area (Å²) in [5, 5.41) is 3.88. The number of benzene rings is 3. The van der Waals surface area contributed by atoms with E-state index in [2.05, 4.69) is 47.8 Å². The predicted molar refractivity (Wildman–Crippen MR) is 129 cm³/mol. The number of fused-ring (bicyclic) bond motifs is 1. The number of rotatable bonds is 8. The van der Waals surface area contributed by atoms with Crippen molar-refractivity contribution in [2.75, 3.05) is 14.2 Å². The first-order valence-corrected chi connectivity index (χ1v) is 11.0. The molecule has 2 aliphatic carbocycles. The van der Waals surface area contributed by atoms with Gasteiger partial charge >= 0.3 is 0 Å². The lowest BCUT2D eigenvalue weighted by atomic mass is 10.1. The topological polar surface area (TPSA) is 39.7 Å². The van der Waals surface area contributed by atoms with Gasteiger partial charge in [0.1, 0.15) is 12.4 Å². The van der Waals surface area contributed by atoms with Crippen LogP contribution in [0.2, 0.25) is 0 Å². The number of hydrogen-bond donors (Lipinski definition) is 1. The van der Waals surface area contributed by atoms with Gasteiger partial charge in [0.15, 0.2) is 11.5 Å². The minimum Gasteiger partial charge on any atom is -0.493 e. The summed E-state index contributed by atoms with van der Waals surface area (Å²) in [5.74, 6) is 3.21. The average molecular weight is 452 g/mol. The molecule has 0 aliphatic heterocycles. The van der Waals surface area contributed by atoms with Crippen LogP contribution in [0.4, 0.5) is 0 Å². The molecule has 0 saturated heterocycles. The van der Waals surface area contributed by atoms with Gasteiger partial charge in [0.05, 0.1) is 14.2 Å². The highest BCUT2D eigenvalue weighted by atomic mass is 35.5. The van der Waals surface area contributed by atoms with Crippen LogP contribution in [0.25, 0.3) is 0 Å². The number of ether oxygens (including phenoxy) is 3. The first-order valence-electron chi connectivity index (χ1n) is 11.0. The minimum atomic E-state index is 0. The van der Waals surface area contributed by atoms with Crippen molar-refractivity contribution >= 4 is 12.4 Å². The standard InChI is InChI=1S/C27H29NO3.ClH/c1-29-26-15-13-21-22(27(26)30-2)12-14-24(21)28-25-16-23(25)19-8-10-20(11-9-19)31-17-18-6-4-3-5-7-18;/h3-11,13,15,23-25,28H,12,14,16-17H2,1-2H3;1H/t23?,24?,25-;/m0./s1. The van der Waals surface area contributed by atoms with Gasteiger partial charge in [0, 0.05) is 23.6 Å². The third kappa shape index (κ3) is 4.57. The number of halogens is 1. The molecule has 2 unspecified atom stereocenters. The molecule has 1 fully saturated rings. The van der Waals surface area contributed by atoms with Gasteiger partial charge < -0.3 is 19.5 Å². The molecule has 5 heteroatoms. The van der Waals surface area contributed by atoms with E-state index in [-0.39, 0.29) is 12.4 Å². The van der Waals surface area contributed by atoms with Gasteiger partial charge in [-0.3, -0.25) is 0 Å². The van der Waals surface area contributed by atoms with E-state index in [1.807, 2.05) is 24.3 Å². The van der Waals surface area contributed by atoms with E-state index in [9.17, 15) is 0 Å². The minimum absolute atomic E-state index is 0. The second-order valence-electron chi connectivity index (χ2n) is 8.42. The van der Waals surface area contributed by atoms with Crippen LogP contribution in [-0.4, -0.2) is 20.3 Å². The molecule has 0 heterocycles. The molecule has 0 amide bonds. The molecular formula is C27H30ClNO3. The maximum Gasteiger partial charge on any atom is 0.164 e. The van der Waals surface area contributed by atoms with Crippen molar-refractivity contribution in [2.24, 2.45) is 0 Å². The summed E-state index contributed by atoms with van der Waals surface area (Å²) < 4.78 is 17.0. The lowest BCUT2D eigenvalue weighted by molar-refractivity contribution is 0.306. The molecule has 3 aromatic carbocycles. The van der Waals surface area contributed by atoms with Gasteiger partial charge in [-0.2, -0.15) is 0 Å². The van der Waals surface area contributed by atoms with E-state index in [0.29, 0.717) is 24.6 Å². The molecule has 3 atom stereocenters. The molecule has 5 rings (SSSR count). The average Bonchev–Trinajstić information content (AvgIpc) is 3.48. The van der Waals surface area contributed by atoms with Crippen LogP contribution in [0.3, 0.4) is 0 Å². The molecule has 32 heavy (non-hydrogen) atoms. The summed E-state index contributed by atoms with van der Waals surface area (Å²) in [4.78, 5) is 0. The summed E-state index contributed by atoms with van der Waals surface area (Å²) in [7, 11) is 3.42. The van der Waals surface area contributed by atoms with Crippen LogP contribution < -0.4 is 19.5 Å². The van der Waals surface area contributed by atoms with Gasteiger partial charge in [-0.1, -0.05) is 48.5 Å². The number of nitrogens with one attached hydrogen (secondary N) is 1. The molecule has 2 aliphatic rings. The van der Waals surface area contributed by atoms with Gasteiger partial charge in [-0.15, -0.1) is 12.4 Å². The van der Waals surface area contributed by atoms with E-state index in [4.69, 9.17) is 14.2 Å². The lowest BCUT2D eigenvalue weighted by Crippen LogP contribution is -2.22. The summed E-state index contributed by atoms with van der Waals surface area (Å²) in [6.07, 6.45) is 3.32. The van der Waals surface area contributed by atoms with Crippen LogP contribution in [0.15, 0.2) is 66.7 Å². The van der Waals surface area contributed by atoms with Crippen molar-refractivity contribution in [1.82, 2.24) is 5.32 Å². The second-order valence-corrected chi connectivity index (χ2v) is 8.42. The zero-order chi connectivity index (χ0) is 21.2. The Balaban J connectivity index is 0.00000245. The first-order chi connectivity index (χ1) is 15.3. The molecule has 1 saturated carbocycles. The van der Waals surface area contributed by atoms with Crippen molar-refractivity contribution in [1.29, 1.82) is 0 Å². The fourth-order valence-corrected chi connectivity index (χ4v) is 4.77. The van der Waals surface area contributed by atoms with Gasteiger partial charge in [-0.25, -0.2) is 0 Å². The molecule has 0 radical (unpaired) electrons. The summed E-state index contributed by atoms with van der Waals surface area (Å²) >= 11 is 0. The van der Waals surface area contributed by atoms with Crippen LogP contribution in [-0.2, 0) is 13.0 Å². The molecule has 0 spiro atoms. The maximum atomic E-state index is 5.92. The fraction of sp³-hybridized carbons (Fsp3) is 0.333. The predicted octanol–water partition coefficient (Wildman–Crippen LogP) is 5.84. The SMILES string of the molecule is COc1ccc2c(c1OC)CCC2N[C@H]1CC1c1ccc(OCc2ccccc2)cc1.Cl. The van der Waals surface area contributed by atoms with Gasteiger partial charge in [0.2, 0.25) is 0 Å². The van der Waals surface area contributed by atoms with Crippen molar-refractivity contribution < 1.29 is 14.2 Å². The molecule has 3 aromatic rings. The normalized spacial score (nSPS) is 20.8. The molecule has 1 N–H and O–H groups in total. The Morgan fingerprint density at radius 3 is 2.41 bits per heavy atom. The summed E-state index contributed by atoms with van der Waals surface area (Å²) in [6, 6.07) is 24.0. The third-order valence-electron chi connectivity index (χ3n) is 6.51. The molecule has 168 valence electrons. The first kappa shape index (κ1) is 22.5. The van der Waals surface area contributed by atoms with E-state index in [1.54, 1.807) is 14.2 Å². The Kier molecular flexibility index (Phi) is 6.92. The Morgan fingerprint density at radius 1 is 0.906 bits per heavy atom. The van der Waals surface area contributed by atoms with E-state index >= 15 is 0 Å². The van der Waals surface area contributed by atoms with Crippen molar-refractivity contribution in [3.8, 4) is 17.2 Å². The quantitative estimate of drug-likeness (QED) is 0.467. The third-order valence-corrected chi connectivity index (χ3v) is 6.51. The molecular weight excluding hydrogens is 422 g/mol. The smallest absolute Gasteiger partial charge is 0.164 e. The maximum absolute atomic E-state index is 5.92. The number of hydrogen-bond acceptors (Lipinski definition) is 4. The zero-order valence-corrected chi connectivity index (χ0v) is 19.4. The summed E-state index contributed by atoms with van der Waals surface area (Å²) in [6.45, 7) is 0.600. The largest absolute Gasteiger partial charge is 0.493 e. The molecule has 0 bridgehead atoms. The second kappa shape index (κ2) is 9.85. The van der Waals surface area contributed by atoms with Crippen LogP contribution in [0.1, 0.15) is 47.1 Å². The van der Waals surface area contributed by atoms with E-state index in [1.165, 1.54) is 28.7 Å². The zero-order valence-electron chi connectivity index (χ0n) is 18.5. The molecule has 4 nitrogen and oxygen atoms in total. The Morgan fingerprint density at radius 2 is 1.69 bits per heavy atom. The molecule has 0 aromatic heterocycles. The highest BCUT2D eigenvalue weighted by Gasteiger charge is 2.41. The van der Waals surface area contributed by atoms with Crippen LogP contribution in [0.5, 0.6) is 17.2 Å².